The minimum atomic E-state index is -0.659. The van der Waals surface area contributed by atoms with E-state index in [1.807, 2.05) is 34.6 Å². The van der Waals surface area contributed by atoms with Gasteiger partial charge in [-0.2, -0.15) is 0 Å². The van der Waals surface area contributed by atoms with Gasteiger partial charge >= 0.3 is 6.09 Å². The van der Waals surface area contributed by atoms with Crippen molar-refractivity contribution in [3.8, 4) is 0 Å². The molecule has 0 heterocycles. The zero-order valence-corrected chi connectivity index (χ0v) is 19.0. The molecule has 0 saturated carbocycles. The molecular weight excluding hydrogens is 352 g/mol. The van der Waals surface area contributed by atoms with E-state index in [2.05, 4.69) is 18.5 Å². The summed E-state index contributed by atoms with van der Waals surface area (Å²) >= 11 is 0. The molecule has 0 rings (SSSR count). The van der Waals surface area contributed by atoms with E-state index in [1.165, 1.54) is 0 Å². The predicted octanol–water partition coefficient (Wildman–Crippen LogP) is 5.61. The van der Waals surface area contributed by atoms with Crippen LogP contribution in [0.3, 0.4) is 0 Å². The van der Waals surface area contributed by atoms with Crippen molar-refractivity contribution in [2.75, 3.05) is 0 Å². The van der Waals surface area contributed by atoms with Gasteiger partial charge in [0.15, 0.2) is 0 Å². The number of hydrogen-bond donors (Lipinski definition) is 2. The van der Waals surface area contributed by atoms with E-state index in [0.717, 1.165) is 11.1 Å². The number of rotatable bonds is 8. The van der Waals surface area contributed by atoms with Gasteiger partial charge in [0.1, 0.15) is 11.9 Å². The smallest absolute Gasteiger partial charge is 0.408 e. The molecule has 1 unspecified atom stereocenters. The standard InChI is InChI=1S/C19H28N2O3.2C2H6/c1-7-9-15(8-2)17(20)11-10-14(3)12-16(13-22)21-18(23)24-19(4,5)6;2*1-2/h7-11,13,16H,1-2,12,20H2,3-6H3,(H,21,23);2*1-2H3/b14-10+,15-9+,17-11-;;. The molecule has 0 aromatic rings. The van der Waals surface area contributed by atoms with Gasteiger partial charge < -0.3 is 20.6 Å². The van der Waals surface area contributed by atoms with Crippen molar-refractivity contribution < 1.29 is 14.3 Å². The van der Waals surface area contributed by atoms with Crippen molar-refractivity contribution in [1.82, 2.24) is 5.32 Å². The molecule has 160 valence electrons. The average molecular weight is 393 g/mol. The Hall–Kier alpha value is -2.56. The number of allylic oxidation sites excluding steroid dienone is 5. The van der Waals surface area contributed by atoms with Crippen LogP contribution < -0.4 is 11.1 Å². The normalized spacial score (nSPS) is 12.9. The first-order valence-electron chi connectivity index (χ1n) is 9.66. The van der Waals surface area contributed by atoms with Crippen LogP contribution in [0.15, 0.2) is 60.4 Å². The van der Waals surface area contributed by atoms with Crippen LogP contribution in [-0.4, -0.2) is 24.0 Å². The summed E-state index contributed by atoms with van der Waals surface area (Å²) in [4.78, 5) is 22.9. The van der Waals surface area contributed by atoms with Crippen LogP contribution in [0, 0.1) is 0 Å². The van der Waals surface area contributed by atoms with E-state index >= 15 is 0 Å². The quantitative estimate of drug-likeness (QED) is 0.415. The van der Waals surface area contributed by atoms with Crippen LogP contribution in [0.1, 0.15) is 61.8 Å². The van der Waals surface area contributed by atoms with Crippen molar-refractivity contribution in [3.63, 3.8) is 0 Å². The van der Waals surface area contributed by atoms with Crippen LogP contribution in [0.4, 0.5) is 4.79 Å². The second kappa shape index (κ2) is 17.8. The van der Waals surface area contributed by atoms with Crippen molar-refractivity contribution >= 4 is 12.4 Å². The molecule has 28 heavy (non-hydrogen) atoms. The van der Waals surface area contributed by atoms with Gasteiger partial charge in [-0.1, -0.05) is 70.7 Å². The molecule has 0 aromatic heterocycles. The highest BCUT2D eigenvalue weighted by Crippen LogP contribution is 2.10. The molecule has 0 aromatic carbocycles. The molecule has 0 aliphatic rings. The monoisotopic (exact) mass is 392 g/mol. The zero-order valence-electron chi connectivity index (χ0n) is 19.0. The lowest BCUT2D eigenvalue weighted by Crippen LogP contribution is -2.40. The fourth-order valence-corrected chi connectivity index (χ4v) is 1.74. The Labute approximate surface area is 172 Å². The Bertz CT molecular complexity index is 565. The van der Waals surface area contributed by atoms with E-state index in [4.69, 9.17) is 10.5 Å². The summed E-state index contributed by atoms with van der Waals surface area (Å²) in [5.74, 6) is 0. The van der Waals surface area contributed by atoms with Gasteiger partial charge in [0, 0.05) is 5.70 Å². The third kappa shape index (κ3) is 16.9. The highest BCUT2D eigenvalue weighted by Gasteiger charge is 2.19. The molecule has 0 fully saturated rings. The summed E-state index contributed by atoms with van der Waals surface area (Å²) in [6.45, 7) is 22.4. The molecule has 0 aliphatic heterocycles. The summed E-state index contributed by atoms with van der Waals surface area (Å²) in [7, 11) is 0. The van der Waals surface area contributed by atoms with E-state index in [-0.39, 0.29) is 0 Å². The highest BCUT2D eigenvalue weighted by molar-refractivity contribution is 5.73. The van der Waals surface area contributed by atoms with Crippen molar-refractivity contribution in [3.05, 3.63) is 60.4 Å². The Morgan fingerprint density at radius 3 is 2.04 bits per heavy atom. The van der Waals surface area contributed by atoms with Gasteiger partial charge in [-0.15, -0.1) is 0 Å². The maximum atomic E-state index is 11.7. The molecule has 1 atom stereocenters. The van der Waals surface area contributed by atoms with Gasteiger partial charge in [-0.25, -0.2) is 4.79 Å². The summed E-state index contributed by atoms with van der Waals surface area (Å²) in [6.07, 6.45) is 8.95. The SMILES string of the molecule is C=C/C=C(C=C)/C(N)=C/C=C(\C)CC(C=O)NC(=O)OC(C)(C)C.CC.CC. The topological polar surface area (TPSA) is 81.4 Å². The molecule has 5 nitrogen and oxygen atoms in total. The van der Waals surface area contributed by atoms with Crippen molar-refractivity contribution in [1.29, 1.82) is 0 Å². The number of amides is 1. The molecular formula is C23H40N2O3. The first-order valence-corrected chi connectivity index (χ1v) is 9.66. The van der Waals surface area contributed by atoms with Crippen molar-refractivity contribution in [2.24, 2.45) is 5.73 Å². The predicted molar refractivity (Wildman–Crippen MR) is 121 cm³/mol. The molecule has 0 radical (unpaired) electrons. The number of carbonyl (C=O) groups excluding carboxylic acids is 2. The molecule has 1 amide bonds. The lowest BCUT2D eigenvalue weighted by molar-refractivity contribution is -0.109. The van der Waals surface area contributed by atoms with E-state index in [1.54, 1.807) is 51.2 Å². The third-order valence-corrected chi connectivity index (χ3v) is 2.81. The number of nitrogens with one attached hydrogen (secondary N) is 1. The summed E-state index contributed by atoms with van der Waals surface area (Å²) in [5.41, 5.74) is 7.51. The second-order valence-electron chi connectivity index (χ2n) is 6.29. The lowest BCUT2D eigenvalue weighted by Gasteiger charge is -2.21. The van der Waals surface area contributed by atoms with Crippen LogP contribution in [0.2, 0.25) is 0 Å². The van der Waals surface area contributed by atoms with E-state index in [9.17, 15) is 9.59 Å². The first-order chi connectivity index (χ1) is 13.1. The summed E-state index contributed by atoms with van der Waals surface area (Å²) < 4.78 is 5.13. The van der Waals surface area contributed by atoms with Crippen LogP contribution >= 0.6 is 0 Å². The molecule has 0 aliphatic carbocycles. The van der Waals surface area contributed by atoms with Crippen LogP contribution in [0.25, 0.3) is 0 Å². The van der Waals surface area contributed by atoms with Crippen LogP contribution in [-0.2, 0) is 9.53 Å². The fourth-order valence-electron chi connectivity index (χ4n) is 1.74. The van der Waals surface area contributed by atoms with E-state index in [0.29, 0.717) is 18.4 Å². The third-order valence-electron chi connectivity index (χ3n) is 2.81. The average Bonchev–Trinajstić information content (AvgIpc) is 2.65. The van der Waals surface area contributed by atoms with E-state index < -0.39 is 17.7 Å². The Balaban J connectivity index is -0.00000146. The number of hydrogen-bond acceptors (Lipinski definition) is 4. The fraction of sp³-hybridized carbons (Fsp3) is 0.478. The Morgan fingerprint density at radius 2 is 1.64 bits per heavy atom. The van der Waals surface area contributed by atoms with Gasteiger partial charge in [-0.3, -0.25) is 0 Å². The van der Waals surface area contributed by atoms with Crippen molar-refractivity contribution in [2.45, 2.75) is 73.5 Å². The summed E-state index contributed by atoms with van der Waals surface area (Å²) in [5, 5.41) is 2.53. The number of alkyl carbamates (subject to hydrolysis) is 1. The maximum Gasteiger partial charge on any atom is 0.408 e. The minimum absolute atomic E-state index is 0.362. The number of aldehydes is 1. The maximum absolute atomic E-state index is 11.7. The van der Waals surface area contributed by atoms with Gasteiger partial charge in [0.2, 0.25) is 0 Å². The highest BCUT2D eigenvalue weighted by atomic mass is 16.6. The minimum Gasteiger partial charge on any atom is -0.444 e. The lowest BCUT2D eigenvalue weighted by atomic mass is 10.1. The van der Waals surface area contributed by atoms with Crippen LogP contribution in [0.5, 0.6) is 0 Å². The number of carbonyl (C=O) groups is 2. The molecule has 5 heteroatoms. The first kappa shape index (κ1) is 30.2. The molecule has 0 saturated heterocycles. The zero-order chi connectivity index (χ0) is 22.8. The summed E-state index contributed by atoms with van der Waals surface area (Å²) in [6, 6.07) is -0.659. The number of nitrogens with two attached hydrogens (primary N) is 1. The number of ether oxygens (including phenoxy) is 1. The van der Waals surface area contributed by atoms with Gasteiger partial charge in [-0.05, 0) is 45.8 Å². The Kier molecular flexibility index (Phi) is 19.2. The largest absolute Gasteiger partial charge is 0.444 e. The second-order valence-corrected chi connectivity index (χ2v) is 6.29. The molecule has 3 N–H and O–H groups in total. The molecule has 0 spiro atoms. The van der Waals surface area contributed by atoms with Gasteiger partial charge in [0.25, 0.3) is 0 Å². The molecule has 0 bridgehead atoms. The Morgan fingerprint density at radius 1 is 1.11 bits per heavy atom. The van der Waals surface area contributed by atoms with Gasteiger partial charge in [0.05, 0.1) is 6.04 Å².